The van der Waals surface area contributed by atoms with E-state index in [1.807, 2.05) is 24.8 Å². The van der Waals surface area contributed by atoms with Crippen molar-refractivity contribution in [2.45, 2.75) is 57.9 Å². The summed E-state index contributed by atoms with van der Waals surface area (Å²) in [5.41, 5.74) is 6.92. The molecule has 1 fully saturated rings. The molecule has 3 N–H and O–H groups in total. The number of hydrogen-bond acceptors (Lipinski definition) is 3. The summed E-state index contributed by atoms with van der Waals surface area (Å²) < 4.78 is 0. The first kappa shape index (κ1) is 16.0. The summed E-state index contributed by atoms with van der Waals surface area (Å²) in [5, 5.41) is 7.06. The fraction of sp³-hybridized carbons (Fsp3) is 0.750. The van der Waals surface area contributed by atoms with Crippen molar-refractivity contribution in [3.05, 3.63) is 18.0 Å². The first-order chi connectivity index (χ1) is 10.1. The van der Waals surface area contributed by atoms with Gasteiger partial charge in [-0.05, 0) is 38.7 Å². The van der Waals surface area contributed by atoms with Crippen LogP contribution < -0.4 is 5.73 Å². The first-order valence-electron chi connectivity index (χ1n) is 8.11. The zero-order valence-electron chi connectivity index (χ0n) is 13.2. The van der Waals surface area contributed by atoms with Crippen LogP contribution in [-0.4, -0.2) is 40.1 Å². The van der Waals surface area contributed by atoms with Gasteiger partial charge in [-0.1, -0.05) is 13.3 Å². The average Bonchev–Trinajstić information content (AvgIpc) is 3.00. The normalized spacial score (nSPS) is 22.0. The highest BCUT2D eigenvalue weighted by Gasteiger charge is 2.27. The lowest BCUT2D eigenvalue weighted by atomic mass is 9.93. The molecule has 0 spiro atoms. The molecule has 1 aromatic rings. The van der Waals surface area contributed by atoms with Gasteiger partial charge in [-0.2, -0.15) is 5.10 Å². The second-order valence-electron chi connectivity index (χ2n) is 6.44. The second kappa shape index (κ2) is 7.59. The third-order valence-electron chi connectivity index (χ3n) is 4.41. The van der Waals surface area contributed by atoms with Crippen molar-refractivity contribution >= 4 is 5.91 Å². The van der Waals surface area contributed by atoms with E-state index in [0.29, 0.717) is 11.8 Å². The lowest BCUT2D eigenvalue weighted by molar-refractivity contribution is -0.136. The van der Waals surface area contributed by atoms with Crippen LogP contribution in [0.1, 0.15) is 57.6 Å². The van der Waals surface area contributed by atoms with Gasteiger partial charge in [-0.15, -0.1) is 0 Å². The largest absolute Gasteiger partial charge is 0.342 e. The molecule has 118 valence electrons. The van der Waals surface area contributed by atoms with Crippen LogP contribution >= 0.6 is 0 Å². The number of nitrogens with one attached hydrogen (secondary N) is 1. The van der Waals surface area contributed by atoms with Gasteiger partial charge in [0, 0.05) is 42.9 Å². The van der Waals surface area contributed by atoms with Gasteiger partial charge in [0.1, 0.15) is 0 Å². The number of nitrogens with two attached hydrogens (primary N) is 1. The van der Waals surface area contributed by atoms with Crippen molar-refractivity contribution in [2.75, 3.05) is 13.1 Å². The van der Waals surface area contributed by atoms with Crippen LogP contribution in [0.3, 0.4) is 0 Å². The molecule has 0 aromatic carbocycles. The van der Waals surface area contributed by atoms with E-state index >= 15 is 0 Å². The minimum atomic E-state index is 0.101. The molecule has 21 heavy (non-hydrogen) atoms. The molecule has 1 saturated heterocycles. The van der Waals surface area contributed by atoms with Crippen LogP contribution in [0, 0.1) is 5.92 Å². The number of amides is 1. The van der Waals surface area contributed by atoms with Crippen molar-refractivity contribution < 1.29 is 4.79 Å². The van der Waals surface area contributed by atoms with Gasteiger partial charge in [-0.25, -0.2) is 0 Å². The van der Waals surface area contributed by atoms with E-state index in [1.165, 1.54) is 0 Å². The fourth-order valence-electron chi connectivity index (χ4n) is 3.11. The number of carbonyl (C=O) groups is 1. The van der Waals surface area contributed by atoms with Crippen molar-refractivity contribution in [3.8, 4) is 0 Å². The number of hydrogen-bond donors (Lipinski definition) is 2. The van der Waals surface area contributed by atoms with E-state index in [0.717, 1.165) is 50.9 Å². The van der Waals surface area contributed by atoms with Crippen molar-refractivity contribution in [1.82, 2.24) is 15.1 Å². The molecular weight excluding hydrogens is 264 g/mol. The molecule has 0 saturated carbocycles. The summed E-state index contributed by atoms with van der Waals surface area (Å²) in [5.74, 6) is 0.801. The number of aromatic nitrogens is 2. The molecule has 1 aliphatic heterocycles. The molecule has 1 aromatic heterocycles. The first-order valence-corrected chi connectivity index (χ1v) is 8.11. The van der Waals surface area contributed by atoms with Crippen LogP contribution in [0.2, 0.25) is 0 Å². The Morgan fingerprint density at radius 3 is 3.00 bits per heavy atom. The Morgan fingerprint density at radius 2 is 2.33 bits per heavy atom. The standard InChI is InChI=1S/C16H28N4O/c1-12(5-3-6-13(2)17)16(21)20-10-4-7-14(11-20)15-8-9-18-19-15/h8-9,12-14H,3-7,10-11,17H2,1-2H3,(H,18,19). The molecular formula is C16H28N4O. The predicted molar refractivity (Wildman–Crippen MR) is 83.8 cm³/mol. The van der Waals surface area contributed by atoms with Crippen molar-refractivity contribution in [3.63, 3.8) is 0 Å². The van der Waals surface area contributed by atoms with E-state index in [4.69, 9.17) is 5.73 Å². The maximum Gasteiger partial charge on any atom is 0.225 e. The Labute approximate surface area is 127 Å². The van der Waals surface area contributed by atoms with Gasteiger partial charge >= 0.3 is 0 Å². The van der Waals surface area contributed by atoms with Gasteiger partial charge in [0.15, 0.2) is 0 Å². The van der Waals surface area contributed by atoms with Gasteiger partial charge in [-0.3, -0.25) is 9.89 Å². The SMILES string of the molecule is CC(N)CCCC(C)C(=O)N1CCCC(c2ccn[nH]2)C1. The summed E-state index contributed by atoms with van der Waals surface area (Å²) in [4.78, 5) is 14.6. The third-order valence-corrected chi connectivity index (χ3v) is 4.41. The van der Waals surface area contributed by atoms with E-state index in [1.54, 1.807) is 6.20 Å². The smallest absolute Gasteiger partial charge is 0.225 e. The highest BCUT2D eigenvalue weighted by atomic mass is 16.2. The summed E-state index contributed by atoms with van der Waals surface area (Å²) in [6, 6.07) is 2.25. The quantitative estimate of drug-likeness (QED) is 0.844. The summed E-state index contributed by atoms with van der Waals surface area (Å²) in [6.07, 6.45) is 6.95. The van der Waals surface area contributed by atoms with Gasteiger partial charge in [0.25, 0.3) is 0 Å². The topological polar surface area (TPSA) is 75.0 Å². The lowest BCUT2D eigenvalue weighted by Gasteiger charge is -2.34. The lowest BCUT2D eigenvalue weighted by Crippen LogP contribution is -2.41. The highest BCUT2D eigenvalue weighted by molar-refractivity contribution is 5.78. The summed E-state index contributed by atoms with van der Waals surface area (Å²) in [6.45, 7) is 5.77. The van der Waals surface area contributed by atoms with Gasteiger partial charge < -0.3 is 10.6 Å². The number of nitrogens with zero attached hydrogens (tertiary/aromatic N) is 2. The molecule has 0 radical (unpaired) electrons. The monoisotopic (exact) mass is 292 g/mol. The minimum Gasteiger partial charge on any atom is -0.342 e. The molecule has 5 nitrogen and oxygen atoms in total. The zero-order chi connectivity index (χ0) is 15.2. The van der Waals surface area contributed by atoms with E-state index in [9.17, 15) is 4.79 Å². The predicted octanol–water partition coefficient (Wildman–Crippen LogP) is 2.27. The number of H-pyrrole nitrogens is 1. The molecule has 1 aliphatic rings. The zero-order valence-corrected chi connectivity index (χ0v) is 13.2. The molecule has 2 rings (SSSR count). The Morgan fingerprint density at radius 1 is 1.52 bits per heavy atom. The van der Waals surface area contributed by atoms with Crippen LogP contribution in [0.15, 0.2) is 12.3 Å². The number of rotatable bonds is 6. The maximum atomic E-state index is 12.6. The summed E-state index contributed by atoms with van der Waals surface area (Å²) >= 11 is 0. The number of carbonyl (C=O) groups excluding carboxylic acids is 1. The molecule has 0 aliphatic carbocycles. The van der Waals surface area contributed by atoms with E-state index in [-0.39, 0.29) is 12.0 Å². The van der Waals surface area contributed by atoms with Crippen LogP contribution in [0.25, 0.3) is 0 Å². The number of aromatic amines is 1. The number of likely N-dealkylation sites (tertiary alicyclic amines) is 1. The Hall–Kier alpha value is -1.36. The molecule has 1 amide bonds. The van der Waals surface area contributed by atoms with Crippen molar-refractivity contribution in [2.24, 2.45) is 11.7 Å². The van der Waals surface area contributed by atoms with Crippen molar-refractivity contribution in [1.29, 1.82) is 0 Å². The second-order valence-corrected chi connectivity index (χ2v) is 6.44. The average molecular weight is 292 g/mol. The van der Waals surface area contributed by atoms with Gasteiger partial charge in [0.2, 0.25) is 5.91 Å². The summed E-state index contributed by atoms with van der Waals surface area (Å²) in [7, 11) is 0. The Bertz CT molecular complexity index is 429. The van der Waals surface area contributed by atoms with E-state index in [2.05, 4.69) is 10.2 Å². The van der Waals surface area contributed by atoms with Crippen LogP contribution in [0.4, 0.5) is 0 Å². The van der Waals surface area contributed by atoms with Gasteiger partial charge in [0.05, 0.1) is 0 Å². The van der Waals surface area contributed by atoms with Crippen LogP contribution in [0.5, 0.6) is 0 Å². The third kappa shape index (κ3) is 4.56. The Balaban J connectivity index is 1.84. The fourth-order valence-corrected chi connectivity index (χ4v) is 3.11. The van der Waals surface area contributed by atoms with E-state index < -0.39 is 0 Å². The molecule has 2 heterocycles. The molecule has 5 heteroatoms. The highest BCUT2D eigenvalue weighted by Crippen LogP contribution is 2.26. The Kier molecular flexibility index (Phi) is 5.79. The molecule has 0 bridgehead atoms. The molecule has 3 atom stereocenters. The van der Waals surface area contributed by atoms with Crippen LogP contribution in [-0.2, 0) is 4.79 Å². The maximum absolute atomic E-state index is 12.6. The number of piperidine rings is 1. The molecule has 3 unspecified atom stereocenters. The minimum absolute atomic E-state index is 0.101.